The molecular formula is C13H19FN2O3S. The van der Waals surface area contributed by atoms with E-state index in [1.54, 1.807) is 0 Å². The molecule has 0 aliphatic carbocycles. The van der Waals surface area contributed by atoms with E-state index in [-0.39, 0.29) is 11.4 Å². The van der Waals surface area contributed by atoms with Crippen LogP contribution in [-0.2, 0) is 14.8 Å². The van der Waals surface area contributed by atoms with Crippen molar-refractivity contribution in [3.8, 4) is 0 Å². The quantitative estimate of drug-likeness (QED) is 0.796. The Balaban J connectivity index is 2.47. The molecule has 5 nitrogen and oxygen atoms in total. The lowest BCUT2D eigenvalue weighted by Gasteiger charge is -2.09. The topological polar surface area (TPSA) is 75.3 Å². The molecule has 0 atom stereocenters. The summed E-state index contributed by atoms with van der Waals surface area (Å²) in [7, 11) is -3.79. The predicted octanol–water partition coefficient (Wildman–Crippen LogP) is 1.27. The Bertz CT molecular complexity index is 541. The van der Waals surface area contributed by atoms with E-state index in [0.717, 1.165) is 30.7 Å². The first kappa shape index (κ1) is 16.6. The van der Waals surface area contributed by atoms with Crippen LogP contribution in [0.3, 0.4) is 0 Å². The first-order valence-corrected chi connectivity index (χ1v) is 7.81. The summed E-state index contributed by atoms with van der Waals surface area (Å²) in [6, 6.07) is 4.40. The van der Waals surface area contributed by atoms with Gasteiger partial charge in [-0.1, -0.05) is 13.8 Å². The normalized spacial score (nSPS) is 11.6. The zero-order valence-corrected chi connectivity index (χ0v) is 12.3. The summed E-state index contributed by atoms with van der Waals surface area (Å²) in [6.07, 6.45) is 0.830. The highest BCUT2D eigenvalue weighted by atomic mass is 32.2. The lowest BCUT2D eigenvalue weighted by Crippen LogP contribution is -2.37. The fraction of sp³-hybridized carbons (Fsp3) is 0.462. The average Bonchev–Trinajstić information content (AvgIpc) is 2.36. The van der Waals surface area contributed by atoms with Crippen LogP contribution in [0.4, 0.5) is 4.39 Å². The number of amides is 1. The van der Waals surface area contributed by atoms with Gasteiger partial charge in [0, 0.05) is 6.54 Å². The summed E-state index contributed by atoms with van der Waals surface area (Å²) in [5.41, 5.74) is 0. The number of carbonyl (C=O) groups excluding carboxylic acids is 1. The van der Waals surface area contributed by atoms with Crippen molar-refractivity contribution in [3.05, 3.63) is 30.1 Å². The summed E-state index contributed by atoms with van der Waals surface area (Å²) >= 11 is 0. The van der Waals surface area contributed by atoms with Gasteiger partial charge in [-0.05, 0) is 36.6 Å². The van der Waals surface area contributed by atoms with Crippen LogP contribution in [0.1, 0.15) is 20.3 Å². The average molecular weight is 302 g/mol. The Labute approximate surface area is 118 Å². The summed E-state index contributed by atoms with van der Waals surface area (Å²) in [5.74, 6) is -0.446. The summed E-state index contributed by atoms with van der Waals surface area (Å²) in [4.78, 5) is 11.4. The van der Waals surface area contributed by atoms with Gasteiger partial charge in [-0.2, -0.15) is 0 Å². The molecule has 0 unspecified atom stereocenters. The van der Waals surface area contributed by atoms with Gasteiger partial charge in [-0.25, -0.2) is 17.5 Å². The van der Waals surface area contributed by atoms with Crippen molar-refractivity contribution in [2.24, 2.45) is 5.92 Å². The van der Waals surface area contributed by atoms with Crippen LogP contribution >= 0.6 is 0 Å². The smallest absolute Gasteiger partial charge is 0.241 e. The highest BCUT2D eigenvalue weighted by Gasteiger charge is 2.15. The van der Waals surface area contributed by atoms with Crippen molar-refractivity contribution >= 4 is 15.9 Å². The van der Waals surface area contributed by atoms with Gasteiger partial charge in [0.05, 0.1) is 11.4 Å². The van der Waals surface area contributed by atoms with E-state index in [9.17, 15) is 17.6 Å². The molecule has 2 N–H and O–H groups in total. The van der Waals surface area contributed by atoms with Crippen LogP contribution < -0.4 is 10.0 Å². The molecule has 0 aliphatic rings. The van der Waals surface area contributed by atoms with Crippen molar-refractivity contribution in [3.63, 3.8) is 0 Å². The Morgan fingerprint density at radius 3 is 2.40 bits per heavy atom. The molecular weight excluding hydrogens is 283 g/mol. The Morgan fingerprint density at radius 1 is 1.25 bits per heavy atom. The number of benzene rings is 1. The standard InChI is InChI=1S/C13H19FN2O3S/c1-10(2)7-8-15-13(17)9-16-20(18,19)12-5-3-11(14)4-6-12/h3-6,10,16H,7-9H2,1-2H3,(H,15,17). The van der Waals surface area contributed by atoms with Crippen molar-refractivity contribution in [2.45, 2.75) is 25.2 Å². The van der Waals surface area contributed by atoms with Crippen LogP contribution in [0, 0.1) is 11.7 Å². The number of carbonyl (C=O) groups is 1. The molecule has 112 valence electrons. The molecule has 1 rings (SSSR count). The molecule has 0 bridgehead atoms. The van der Waals surface area contributed by atoms with E-state index in [4.69, 9.17) is 0 Å². The second-order valence-corrected chi connectivity index (χ2v) is 6.58. The largest absolute Gasteiger partial charge is 0.355 e. The molecule has 1 aromatic carbocycles. The molecule has 0 spiro atoms. The van der Waals surface area contributed by atoms with E-state index < -0.39 is 21.7 Å². The van der Waals surface area contributed by atoms with Gasteiger partial charge >= 0.3 is 0 Å². The van der Waals surface area contributed by atoms with E-state index in [1.807, 2.05) is 13.8 Å². The molecule has 20 heavy (non-hydrogen) atoms. The molecule has 0 aliphatic heterocycles. The molecule has 0 heterocycles. The highest BCUT2D eigenvalue weighted by molar-refractivity contribution is 7.89. The molecule has 0 saturated heterocycles. The van der Waals surface area contributed by atoms with Crippen LogP contribution in [0.25, 0.3) is 0 Å². The van der Waals surface area contributed by atoms with Gasteiger partial charge < -0.3 is 5.32 Å². The third kappa shape index (κ3) is 5.66. The molecule has 0 saturated carbocycles. The van der Waals surface area contributed by atoms with Gasteiger partial charge in [-0.15, -0.1) is 0 Å². The lowest BCUT2D eigenvalue weighted by atomic mass is 10.1. The second kappa shape index (κ2) is 7.35. The minimum atomic E-state index is -3.79. The van der Waals surface area contributed by atoms with E-state index in [1.165, 1.54) is 0 Å². The van der Waals surface area contributed by atoms with Crippen molar-refractivity contribution in [2.75, 3.05) is 13.1 Å². The maximum Gasteiger partial charge on any atom is 0.241 e. The summed E-state index contributed by atoms with van der Waals surface area (Å²) in [6.45, 7) is 4.24. The maximum absolute atomic E-state index is 12.7. The van der Waals surface area contributed by atoms with Gasteiger partial charge in [0.2, 0.25) is 15.9 Å². The minimum Gasteiger partial charge on any atom is -0.355 e. The first-order valence-electron chi connectivity index (χ1n) is 6.33. The molecule has 0 fully saturated rings. The predicted molar refractivity (Wildman–Crippen MR) is 74.1 cm³/mol. The summed E-state index contributed by atoms with van der Waals surface area (Å²) in [5, 5.41) is 2.62. The van der Waals surface area contributed by atoms with Crippen molar-refractivity contribution in [1.29, 1.82) is 0 Å². The van der Waals surface area contributed by atoms with E-state index >= 15 is 0 Å². The SMILES string of the molecule is CC(C)CCNC(=O)CNS(=O)(=O)c1ccc(F)cc1. The monoisotopic (exact) mass is 302 g/mol. The number of nitrogens with one attached hydrogen (secondary N) is 2. The summed E-state index contributed by atoms with van der Waals surface area (Å²) < 4.78 is 38.5. The van der Waals surface area contributed by atoms with Gasteiger partial charge in [0.1, 0.15) is 5.82 Å². The fourth-order valence-corrected chi connectivity index (χ4v) is 2.40. The first-order chi connectivity index (χ1) is 9.31. The zero-order chi connectivity index (χ0) is 15.2. The minimum absolute atomic E-state index is 0.0751. The van der Waals surface area contributed by atoms with Gasteiger partial charge in [0.15, 0.2) is 0 Å². The van der Waals surface area contributed by atoms with E-state index in [2.05, 4.69) is 10.0 Å². The number of hydrogen-bond donors (Lipinski definition) is 2. The van der Waals surface area contributed by atoms with Crippen LogP contribution in [0.5, 0.6) is 0 Å². The second-order valence-electron chi connectivity index (χ2n) is 4.81. The van der Waals surface area contributed by atoms with Crippen molar-refractivity contribution in [1.82, 2.24) is 10.0 Å². The number of rotatable bonds is 7. The molecule has 7 heteroatoms. The zero-order valence-electron chi connectivity index (χ0n) is 11.5. The number of hydrogen-bond acceptors (Lipinski definition) is 3. The third-order valence-corrected chi connectivity index (χ3v) is 4.01. The van der Waals surface area contributed by atoms with Gasteiger partial charge in [0.25, 0.3) is 0 Å². The lowest BCUT2D eigenvalue weighted by molar-refractivity contribution is -0.119. The third-order valence-electron chi connectivity index (χ3n) is 2.59. The van der Waals surface area contributed by atoms with Gasteiger partial charge in [-0.3, -0.25) is 4.79 Å². The highest BCUT2D eigenvalue weighted by Crippen LogP contribution is 2.09. The van der Waals surface area contributed by atoms with Crippen LogP contribution in [0.2, 0.25) is 0 Å². The molecule has 0 radical (unpaired) electrons. The Kier molecular flexibility index (Phi) is 6.09. The van der Waals surface area contributed by atoms with E-state index in [0.29, 0.717) is 12.5 Å². The maximum atomic E-state index is 12.7. The van der Waals surface area contributed by atoms with Crippen molar-refractivity contribution < 1.29 is 17.6 Å². The molecule has 1 amide bonds. The molecule has 0 aromatic heterocycles. The number of halogens is 1. The Morgan fingerprint density at radius 2 is 1.85 bits per heavy atom. The Hall–Kier alpha value is -1.47. The molecule has 1 aromatic rings. The number of sulfonamides is 1. The van der Waals surface area contributed by atoms with Crippen LogP contribution in [0.15, 0.2) is 29.2 Å². The fourth-order valence-electron chi connectivity index (χ4n) is 1.42. The van der Waals surface area contributed by atoms with Crippen LogP contribution in [-0.4, -0.2) is 27.4 Å².